The molecule has 0 amide bonds. The minimum atomic E-state index is -0.254. The van der Waals surface area contributed by atoms with Gasteiger partial charge < -0.3 is 10.6 Å². The second-order valence-corrected chi connectivity index (χ2v) is 7.18. The van der Waals surface area contributed by atoms with Crippen molar-refractivity contribution in [2.45, 2.75) is 50.6 Å². The number of hydrogen-bond acceptors (Lipinski definition) is 2. The highest BCUT2D eigenvalue weighted by atomic mass is 35.5. The fraction of sp³-hybridized carbons (Fsp3) is 0.647. The largest absolute Gasteiger partial charge is 0.326 e. The Balaban J connectivity index is 2.21. The lowest BCUT2D eigenvalue weighted by atomic mass is 9.70. The van der Waals surface area contributed by atoms with Crippen LogP contribution in [-0.4, -0.2) is 30.6 Å². The van der Waals surface area contributed by atoms with Gasteiger partial charge in [0.25, 0.3) is 0 Å². The molecule has 0 spiro atoms. The Labute approximate surface area is 132 Å². The van der Waals surface area contributed by atoms with Crippen molar-refractivity contribution in [3.8, 4) is 0 Å². The molecule has 3 atom stereocenters. The Morgan fingerprint density at radius 2 is 2.19 bits per heavy atom. The molecule has 0 bridgehead atoms. The third-order valence-corrected chi connectivity index (χ3v) is 5.28. The van der Waals surface area contributed by atoms with Crippen LogP contribution < -0.4 is 5.73 Å². The number of benzene rings is 1. The molecule has 2 nitrogen and oxygen atoms in total. The summed E-state index contributed by atoms with van der Waals surface area (Å²) in [6, 6.07) is 4.78. The molecular weight excluding hydrogens is 287 g/mol. The van der Waals surface area contributed by atoms with Gasteiger partial charge in [0.15, 0.2) is 0 Å². The Kier molecular flexibility index (Phi) is 5.29. The van der Waals surface area contributed by atoms with E-state index in [1.807, 2.05) is 0 Å². The van der Waals surface area contributed by atoms with Crippen LogP contribution in [0.1, 0.15) is 38.2 Å². The molecule has 2 rings (SSSR count). The fourth-order valence-electron chi connectivity index (χ4n) is 3.75. The smallest absolute Gasteiger partial charge is 0.127 e. The minimum absolute atomic E-state index is 0.0380. The maximum absolute atomic E-state index is 14.0. The van der Waals surface area contributed by atoms with Crippen molar-refractivity contribution >= 4 is 11.6 Å². The van der Waals surface area contributed by atoms with Gasteiger partial charge in [-0.1, -0.05) is 37.4 Å². The highest BCUT2D eigenvalue weighted by Gasteiger charge is 2.42. The van der Waals surface area contributed by atoms with E-state index in [2.05, 4.69) is 25.9 Å². The van der Waals surface area contributed by atoms with Crippen LogP contribution in [0.4, 0.5) is 4.39 Å². The summed E-state index contributed by atoms with van der Waals surface area (Å²) in [6.07, 6.45) is 5.17. The topological polar surface area (TPSA) is 29.3 Å². The van der Waals surface area contributed by atoms with Crippen molar-refractivity contribution in [1.29, 1.82) is 0 Å². The molecule has 1 fully saturated rings. The lowest BCUT2D eigenvalue weighted by Crippen LogP contribution is -2.60. The molecule has 3 unspecified atom stereocenters. The normalized spacial score (nSPS) is 27.9. The quantitative estimate of drug-likeness (QED) is 0.914. The van der Waals surface area contributed by atoms with E-state index in [0.29, 0.717) is 22.9 Å². The third-order valence-electron chi connectivity index (χ3n) is 5.04. The third kappa shape index (κ3) is 3.58. The van der Waals surface area contributed by atoms with E-state index in [-0.39, 0.29) is 17.4 Å². The Bertz CT molecular complexity index is 492. The molecule has 1 aliphatic carbocycles. The lowest BCUT2D eigenvalue weighted by molar-refractivity contribution is 0.0501. The molecule has 4 heteroatoms. The zero-order valence-electron chi connectivity index (χ0n) is 13.2. The van der Waals surface area contributed by atoms with E-state index < -0.39 is 0 Å². The average molecular weight is 313 g/mol. The van der Waals surface area contributed by atoms with Crippen molar-refractivity contribution in [1.82, 2.24) is 4.90 Å². The highest BCUT2D eigenvalue weighted by Crippen LogP contribution is 2.38. The Morgan fingerprint density at radius 3 is 2.76 bits per heavy atom. The first-order chi connectivity index (χ1) is 9.85. The molecular formula is C17H26ClFN2. The van der Waals surface area contributed by atoms with Gasteiger partial charge >= 0.3 is 0 Å². The second-order valence-electron chi connectivity index (χ2n) is 6.75. The van der Waals surface area contributed by atoms with E-state index in [0.717, 1.165) is 12.8 Å². The SMILES string of the molecule is CC1CCCC(C(N)Cc2ccc(Cl)cc2F)(N(C)C)C1. The summed E-state index contributed by atoms with van der Waals surface area (Å²) in [5.41, 5.74) is 7.16. The zero-order valence-corrected chi connectivity index (χ0v) is 14.0. The van der Waals surface area contributed by atoms with Gasteiger partial charge in [0.2, 0.25) is 0 Å². The summed E-state index contributed by atoms with van der Waals surface area (Å²) in [5.74, 6) is 0.415. The number of likely N-dealkylation sites (N-methyl/N-ethyl adjacent to an activating group) is 1. The van der Waals surface area contributed by atoms with Crippen molar-refractivity contribution < 1.29 is 4.39 Å². The molecule has 0 heterocycles. The predicted molar refractivity (Wildman–Crippen MR) is 87.1 cm³/mol. The van der Waals surface area contributed by atoms with E-state index in [1.165, 1.54) is 18.9 Å². The van der Waals surface area contributed by atoms with Gasteiger partial charge in [-0.3, -0.25) is 0 Å². The van der Waals surface area contributed by atoms with Crippen LogP contribution in [0.2, 0.25) is 5.02 Å². The van der Waals surface area contributed by atoms with Gasteiger partial charge in [-0.15, -0.1) is 0 Å². The molecule has 0 aliphatic heterocycles. The van der Waals surface area contributed by atoms with Crippen LogP contribution in [0, 0.1) is 11.7 Å². The first kappa shape index (κ1) is 16.7. The van der Waals surface area contributed by atoms with Gasteiger partial charge in [-0.25, -0.2) is 4.39 Å². The van der Waals surface area contributed by atoms with E-state index in [4.69, 9.17) is 17.3 Å². The summed E-state index contributed by atoms with van der Waals surface area (Å²) >= 11 is 5.82. The van der Waals surface area contributed by atoms with Crippen LogP contribution in [0.15, 0.2) is 18.2 Å². The van der Waals surface area contributed by atoms with Gasteiger partial charge in [0.1, 0.15) is 5.82 Å². The summed E-state index contributed by atoms with van der Waals surface area (Å²) in [5, 5.41) is 0.429. The average Bonchev–Trinajstić information content (AvgIpc) is 2.41. The van der Waals surface area contributed by atoms with Crippen molar-refractivity contribution in [2.75, 3.05) is 14.1 Å². The van der Waals surface area contributed by atoms with Gasteiger partial charge in [0, 0.05) is 16.6 Å². The standard InChI is InChI=1S/C17H26ClFN2/c1-12-5-4-8-17(11-12,21(2)3)16(20)9-13-6-7-14(18)10-15(13)19/h6-7,10,12,16H,4-5,8-9,11,20H2,1-3H3. The summed E-state index contributed by atoms with van der Waals surface area (Å²) in [4.78, 5) is 2.25. The van der Waals surface area contributed by atoms with Gasteiger partial charge in [0.05, 0.1) is 0 Å². The van der Waals surface area contributed by atoms with E-state index in [9.17, 15) is 4.39 Å². The van der Waals surface area contributed by atoms with Crippen LogP contribution >= 0.6 is 11.6 Å². The van der Waals surface area contributed by atoms with Crippen molar-refractivity contribution in [3.63, 3.8) is 0 Å². The predicted octanol–water partition coefficient (Wildman–Crippen LogP) is 3.86. The fourth-order valence-corrected chi connectivity index (χ4v) is 3.91. The van der Waals surface area contributed by atoms with Crippen molar-refractivity contribution in [2.24, 2.45) is 11.7 Å². The molecule has 2 N–H and O–H groups in total. The number of nitrogens with zero attached hydrogens (tertiary/aromatic N) is 1. The monoisotopic (exact) mass is 312 g/mol. The van der Waals surface area contributed by atoms with Gasteiger partial charge in [-0.05, 0) is 57.0 Å². The van der Waals surface area contributed by atoms with E-state index in [1.54, 1.807) is 12.1 Å². The zero-order chi connectivity index (χ0) is 15.6. The number of halogens is 2. The molecule has 0 aromatic heterocycles. The van der Waals surface area contributed by atoms with E-state index >= 15 is 0 Å². The number of nitrogens with two attached hydrogens (primary N) is 1. The maximum atomic E-state index is 14.0. The summed E-state index contributed by atoms with van der Waals surface area (Å²) in [7, 11) is 4.19. The highest BCUT2D eigenvalue weighted by molar-refractivity contribution is 6.30. The van der Waals surface area contributed by atoms with Crippen LogP contribution in [0.25, 0.3) is 0 Å². The first-order valence-electron chi connectivity index (χ1n) is 7.72. The second kappa shape index (κ2) is 6.64. The lowest BCUT2D eigenvalue weighted by Gasteiger charge is -2.49. The molecule has 21 heavy (non-hydrogen) atoms. The molecule has 0 radical (unpaired) electrons. The molecule has 1 saturated carbocycles. The van der Waals surface area contributed by atoms with Crippen molar-refractivity contribution in [3.05, 3.63) is 34.6 Å². The maximum Gasteiger partial charge on any atom is 0.127 e. The van der Waals surface area contributed by atoms with Crippen LogP contribution in [-0.2, 0) is 6.42 Å². The van der Waals surface area contributed by atoms with Crippen LogP contribution in [0.3, 0.4) is 0 Å². The molecule has 118 valence electrons. The number of hydrogen-bond donors (Lipinski definition) is 1. The molecule has 0 saturated heterocycles. The summed E-state index contributed by atoms with van der Waals surface area (Å²) in [6.45, 7) is 2.28. The summed E-state index contributed by atoms with van der Waals surface area (Å²) < 4.78 is 14.0. The Morgan fingerprint density at radius 1 is 1.48 bits per heavy atom. The molecule has 1 aliphatic rings. The van der Waals surface area contributed by atoms with Gasteiger partial charge in [-0.2, -0.15) is 0 Å². The molecule has 1 aromatic rings. The molecule has 1 aromatic carbocycles. The number of rotatable bonds is 4. The Hall–Kier alpha value is -0.640. The first-order valence-corrected chi connectivity index (χ1v) is 8.10. The van der Waals surface area contributed by atoms with Crippen LogP contribution in [0.5, 0.6) is 0 Å². The minimum Gasteiger partial charge on any atom is -0.326 e.